The third-order valence-corrected chi connectivity index (χ3v) is 2.82. The topological polar surface area (TPSA) is 62.0 Å². The molecule has 2 rings (SSSR count). The van der Waals surface area contributed by atoms with Gasteiger partial charge in [-0.25, -0.2) is 0 Å². The summed E-state index contributed by atoms with van der Waals surface area (Å²) >= 11 is 1.44. The maximum atomic E-state index is 11.7. The van der Waals surface area contributed by atoms with E-state index in [9.17, 15) is 9.59 Å². The van der Waals surface area contributed by atoms with Crippen LogP contribution in [0.4, 0.5) is 0 Å². The first-order valence-electron chi connectivity index (χ1n) is 5.05. The van der Waals surface area contributed by atoms with Gasteiger partial charge in [0.25, 0.3) is 5.91 Å². The fourth-order valence-corrected chi connectivity index (χ4v) is 2.01. The minimum atomic E-state index is -0.362. The van der Waals surface area contributed by atoms with Gasteiger partial charge in [0, 0.05) is 13.2 Å². The summed E-state index contributed by atoms with van der Waals surface area (Å²) in [4.78, 5) is 26.7. The molecule has 86 valence electrons. The Morgan fingerprint density at radius 2 is 2.12 bits per heavy atom. The third-order valence-electron chi connectivity index (χ3n) is 1.97. The molecule has 1 amide bonds. The van der Waals surface area contributed by atoms with Crippen LogP contribution in [0.5, 0.6) is 0 Å². The maximum absolute atomic E-state index is 11.7. The van der Waals surface area contributed by atoms with Gasteiger partial charge in [-0.2, -0.15) is 0 Å². The number of carbonyl (C=O) groups excluding carboxylic acids is 1. The molecule has 0 saturated carbocycles. The molecule has 2 heterocycles. The van der Waals surface area contributed by atoms with Crippen LogP contribution >= 0.6 is 11.3 Å². The average molecular weight is 238 g/mol. The number of aromatic amines is 1. The van der Waals surface area contributed by atoms with Crippen LogP contribution in [0.3, 0.4) is 0 Å². The Hall–Kier alpha value is -1.62. The second-order valence-electron chi connectivity index (χ2n) is 2.77. The fraction of sp³-hybridized carbons (Fsp3) is 0.273. The number of rotatable bonds is 1. The Labute approximate surface area is 97.3 Å². The molecule has 0 spiro atoms. The summed E-state index contributed by atoms with van der Waals surface area (Å²) in [5.41, 5.74) is -0.0715. The molecule has 0 saturated heterocycles. The summed E-state index contributed by atoms with van der Waals surface area (Å²) in [5.74, 6) is -0.362. The lowest BCUT2D eigenvalue weighted by molar-refractivity contribution is 0.0962. The number of aromatic nitrogens is 1. The van der Waals surface area contributed by atoms with Crippen molar-refractivity contribution in [2.24, 2.45) is 0 Å². The van der Waals surface area contributed by atoms with Crippen molar-refractivity contribution < 1.29 is 4.79 Å². The number of H-pyrrole nitrogens is 1. The zero-order valence-corrected chi connectivity index (χ0v) is 10.3. The predicted molar refractivity (Wildman–Crippen MR) is 67.2 cm³/mol. The zero-order valence-electron chi connectivity index (χ0n) is 9.46. The molecule has 0 atom stereocenters. The molecule has 4 nitrogen and oxygen atoms in total. The van der Waals surface area contributed by atoms with E-state index >= 15 is 0 Å². The van der Waals surface area contributed by atoms with E-state index < -0.39 is 0 Å². The normalized spacial score (nSPS) is 9.44. The molecule has 0 fully saturated rings. The molecule has 0 aliphatic rings. The first-order chi connectivity index (χ1) is 7.74. The fourth-order valence-electron chi connectivity index (χ4n) is 1.25. The highest BCUT2D eigenvalue weighted by molar-refractivity contribution is 7.16. The lowest BCUT2D eigenvalue weighted by Crippen LogP contribution is -2.25. The van der Waals surface area contributed by atoms with E-state index in [0.717, 1.165) is 4.83 Å². The van der Waals surface area contributed by atoms with Gasteiger partial charge >= 0.3 is 0 Å². The van der Waals surface area contributed by atoms with E-state index in [1.807, 2.05) is 19.2 Å². The number of hydrogen-bond acceptors (Lipinski definition) is 3. The molecule has 16 heavy (non-hydrogen) atoms. The van der Waals surface area contributed by atoms with Gasteiger partial charge in [0.2, 0.25) is 5.43 Å². The van der Waals surface area contributed by atoms with E-state index in [0.29, 0.717) is 5.39 Å². The molecule has 5 heteroatoms. The van der Waals surface area contributed by atoms with Crippen molar-refractivity contribution in [3.8, 4) is 0 Å². The number of hydrogen-bond donors (Lipinski definition) is 2. The smallest absolute Gasteiger partial charge is 0.256 e. The standard InChI is InChI=1S/C9H8N2O2S.C2H6/c1-10-8(13)6-4-11-9-5(7(6)12)2-3-14-9;1-2/h2-4H,1H3,(H,10,13)(H,11,12);1-2H3. The largest absolute Gasteiger partial charge is 0.355 e. The molecule has 2 aromatic heterocycles. The van der Waals surface area contributed by atoms with E-state index in [4.69, 9.17) is 0 Å². The zero-order chi connectivity index (χ0) is 12.1. The predicted octanol–water partition coefficient (Wildman–Crippen LogP) is 1.98. The van der Waals surface area contributed by atoms with E-state index in [-0.39, 0.29) is 16.9 Å². The Bertz CT molecular complexity index is 542. The highest BCUT2D eigenvalue weighted by Crippen LogP contribution is 2.14. The summed E-state index contributed by atoms with van der Waals surface area (Å²) in [6.45, 7) is 4.00. The number of thiophene rings is 1. The van der Waals surface area contributed by atoms with Crippen LogP contribution in [0.2, 0.25) is 0 Å². The molecule has 2 aromatic rings. The van der Waals surface area contributed by atoms with Crippen molar-refractivity contribution in [2.45, 2.75) is 13.8 Å². The molecular formula is C11H14N2O2S. The number of fused-ring (bicyclic) bond motifs is 1. The molecule has 0 bridgehead atoms. The highest BCUT2D eigenvalue weighted by Gasteiger charge is 2.11. The second kappa shape index (κ2) is 5.46. The highest BCUT2D eigenvalue weighted by atomic mass is 32.1. The van der Waals surface area contributed by atoms with Crippen LogP contribution in [0.15, 0.2) is 22.4 Å². The van der Waals surface area contributed by atoms with Crippen LogP contribution in [0.1, 0.15) is 24.2 Å². The Kier molecular flexibility index (Phi) is 4.25. The lowest BCUT2D eigenvalue weighted by Gasteiger charge is -1.98. The van der Waals surface area contributed by atoms with Crippen molar-refractivity contribution in [2.75, 3.05) is 7.05 Å². The number of amides is 1. The molecule has 2 N–H and O–H groups in total. The first-order valence-corrected chi connectivity index (χ1v) is 5.93. The van der Waals surface area contributed by atoms with Crippen molar-refractivity contribution >= 4 is 27.5 Å². The average Bonchev–Trinajstić information content (AvgIpc) is 2.80. The summed E-state index contributed by atoms with van der Waals surface area (Å²) < 4.78 is 0. The van der Waals surface area contributed by atoms with Gasteiger partial charge in [0.15, 0.2) is 0 Å². The molecule has 0 aliphatic heterocycles. The number of nitrogens with one attached hydrogen (secondary N) is 2. The Morgan fingerprint density at radius 3 is 2.75 bits per heavy atom. The monoisotopic (exact) mass is 238 g/mol. The second-order valence-corrected chi connectivity index (χ2v) is 3.69. The van der Waals surface area contributed by atoms with Gasteiger partial charge in [0.05, 0.1) is 5.39 Å². The number of carbonyl (C=O) groups is 1. The van der Waals surface area contributed by atoms with E-state index in [2.05, 4.69) is 10.3 Å². The van der Waals surface area contributed by atoms with E-state index in [1.54, 1.807) is 6.07 Å². The molecular weight excluding hydrogens is 224 g/mol. The maximum Gasteiger partial charge on any atom is 0.256 e. The van der Waals surface area contributed by atoms with Crippen molar-refractivity contribution in [1.29, 1.82) is 0 Å². The van der Waals surface area contributed by atoms with Gasteiger partial charge in [-0.05, 0) is 11.4 Å². The van der Waals surface area contributed by atoms with Crippen LogP contribution < -0.4 is 10.7 Å². The third kappa shape index (κ3) is 2.14. The summed E-state index contributed by atoms with van der Waals surface area (Å²) in [6, 6.07) is 1.71. The molecule has 0 aromatic carbocycles. The van der Waals surface area contributed by atoms with Crippen LogP contribution in [0.25, 0.3) is 10.2 Å². The Morgan fingerprint density at radius 1 is 1.44 bits per heavy atom. The Balaban J connectivity index is 0.000000606. The summed E-state index contributed by atoms with van der Waals surface area (Å²) in [5, 5.41) is 4.80. The van der Waals surface area contributed by atoms with Gasteiger partial charge in [-0.15, -0.1) is 11.3 Å². The van der Waals surface area contributed by atoms with Crippen molar-refractivity contribution in [3.63, 3.8) is 0 Å². The van der Waals surface area contributed by atoms with E-state index in [1.165, 1.54) is 24.6 Å². The summed E-state index contributed by atoms with van der Waals surface area (Å²) in [7, 11) is 1.50. The molecule has 0 aliphatic carbocycles. The van der Waals surface area contributed by atoms with Gasteiger partial charge in [-0.3, -0.25) is 9.59 Å². The van der Waals surface area contributed by atoms with Crippen LogP contribution in [-0.2, 0) is 0 Å². The van der Waals surface area contributed by atoms with Crippen molar-refractivity contribution in [3.05, 3.63) is 33.4 Å². The van der Waals surface area contributed by atoms with Gasteiger partial charge in [0.1, 0.15) is 10.4 Å². The first kappa shape index (κ1) is 12.4. The van der Waals surface area contributed by atoms with Crippen molar-refractivity contribution in [1.82, 2.24) is 10.3 Å². The van der Waals surface area contributed by atoms with Crippen LogP contribution in [0, 0.1) is 0 Å². The van der Waals surface area contributed by atoms with Gasteiger partial charge in [-0.1, -0.05) is 13.8 Å². The minimum absolute atomic E-state index is 0.151. The SMILES string of the molecule is CC.CNC(=O)c1c[nH]c2sccc2c1=O. The van der Waals surface area contributed by atoms with Crippen LogP contribution in [-0.4, -0.2) is 17.9 Å². The minimum Gasteiger partial charge on any atom is -0.355 e. The lowest BCUT2D eigenvalue weighted by atomic mass is 10.2. The number of pyridine rings is 1. The molecule has 0 unspecified atom stereocenters. The molecule has 0 radical (unpaired) electrons. The quantitative estimate of drug-likeness (QED) is 0.798. The summed E-state index contributed by atoms with van der Waals surface area (Å²) in [6.07, 6.45) is 1.44. The van der Waals surface area contributed by atoms with Gasteiger partial charge < -0.3 is 10.3 Å².